The highest BCUT2D eigenvalue weighted by Crippen LogP contribution is 2.43. The number of nitrogens with two attached hydrogens (primary N) is 1. The Labute approximate surface area is 191 Å². The molecule has 3 N–H and O–H groups in total. The zero-order valence-corrected chi connectivity index (χ0v) is 18.7. The first-order valence-electron chi connectivity index (χ1n) is 10.9. The summed E-state index contributed by atoms with van der Waals surface area (Å²) in [6, 6.07) is 5.25. The molecular weight excluding hydrogens is 426 g/mol. The van der Waals surface area contributed by atoms with Gasteiger partial charge in [-0.1, -0.05) is 0 Å². The molecule has 174 valence electrons. The van der Waals surface area contributed by atoms with E-state index >= 15 is 0 Å². The summed E-state index contributed by atoms with van der Waals surface area (Å²) < 4.78 is 16.4. The van der Waals surface area contributed by atoms with E-state index in [9.17, 15) is 9.59 Å². The Bertz CT molecular complexity index is 1070. The lowest BCUT2D eigenvalue weighted by Gasteiger charge is -2.54. The third-order valence-electron chi connectivity index (χ3n) is 6.82. The summed E-state index contributed by atoms with van der Waals surface area (Å²) in [5, 5.41) is 2.80. The smallest absolute Gasteiger partial charge is 0.240 e. The second-order valence-electron chi connectivity index (χ2n) is 9.32. The molecule has 2 saturated heterocycles. The molecule has 0 radical (unpaired) electrons. The van der Waals surface area contributed by atoms with Crippen LogP contribution in [0.1, 0.15) is 18.4 Å². The highest BCUT2D eigenvalue weighted by atomic mass is 16.5. The summed E-state index contributed by atoms with van der Waals surface area (Å²) >= 11 is 0. The number of benzene rings is 1. The lowest BCUT2D eigenvalue weighted by molar-refractivity contribution is -0.154. The first-order chi connectivity index (χ1) is 15.8. The van der Waals surface area contributed by atoms with E-state index in [1.807, 2.05) is 6.92 Å². The van der Waals surface area contributed by atoms with Gasteiger partial charge in [-0.15, -0.1) is 0 Å². The maximum Gasteiger partial charge on any atom is 0.240 e. The van der Waals surface area contributed by atoms with E-state index in [4.69, 9.17) is 19.9 Å². The van der Waals surface area contributed by atoms with Gasteiger partial charge in [0, 0.05) is 25.9 Å². The number of primary amides is 1. The van der Waals surface area contributed by atoms with Crippen LogP contribution in [-0.2, 0) is 19.1 Å². The molecule has 1 saturated carbocycles. The Balaban J connectivity index is 1.20. The zero-order valence-electron chi connectivity index (χ0n) is 18.7. The van der Waals surface area contributed by atoms with Gasteiger partial charge in [0.2, 0.25) is 17.8 Å². The number of hydrogen-bond donors (Lipinski definition) is 2. The summed E-state index contributed by atoms with van der Waals surface area (Å²) in [5.41, 5.74) is 5.95. The van der Waals surface area contributed by atoms with Crippen molar-refractivity contribution in [3.8, 4) is 11.5 Å². The van der Waals surface area contributed by atoms with Crippen molar-refractivity contribution in [2.75, 3.05) is 43.6 Å². The maximum atomic E-state index is 12.8. The Hall–Kier alpha value is -3.24. The van der Waals surface area contributed by atoms with Gasteiger partial charge in [0.05, 0.1) is 37.1 Å². The highest BCUT2D eigenvalue weighted by molar-refractivity contribution is 6.11. The van der Waals surface area contributed by atoms with Crippen molar-refractivity contribution in [2.24, 2.45) is 16.6 Å². The minimum Gasteiger partial charge on any atom is -0.454 e. The molecule has 0 bridgehead atoms. The van der Waals surface area contributed by atoms with Gasteiger partial charge in [-0.3, -0.25) is 9.59 Å². The van der Waals surface area contributed by atoms with Crippen molar-refractivity contribution in [1.29, 1.82) is 0 Å². The molecule has 1 spiro atoms. The fourth-order valence-electron chi connectivity index (χ4n) is 4.61. The molecule has 0 atom stereocenters. The van der Waals surface area contributed by atoms with E-state index in [-0.39, 0.29) is 18.9 Å². The average molecular weight is 453 g/mol. The first-order valence-corrected chi connectivity index (χ1v) is 10.9. The highest BCUT2D eigenvalue weighted by Gasteiger charge is 2.55. The fourth-order valence-corrected chi connectivity index (χ4v) is 4.61. The van der Waals surface area contributed by atoms with Crippen LogP contribution in [0, 0.1) is 17.8 Å². The molecular formula is C23H27N5O5. The van der Waals surface area contributed by atoms with Crippen molar-refractivity contribution >= 4 is 23.5 Å². The second-order valence-corrected chi connectivity index (χ2v) is 9.32. The van der Waals surface area contributed by atoms with Crippen molar-refractivity contribution in [2.45, 2.75) is 25.9 Å². The summed E-state index contributed by atoms with van der Waals surface area (Å²) in [7, 11) is 1.55. The van der Waals surface area contributed by atoms with Gasteiger partial charge in [0.15, 0.2) is 5.75 Å². The standard InChI is InChI=1S/C23H27N5O5/c1-14-5-15(27-20(30)23(19(24)29)6-16(7-23)31-2)3-4-18(14)33-17-8-25-21(26-9-17)28-10-22(11-28)12-32-13-22/h3-5,8-9,16H,6-7,10-13H2,1-2H3,(H2,24,29)(H,27,30). The van der Waals surface area contributed by atoms with Gasteiger partial charge in [-0.05, 0) is 43.5 Å². The van der Waals surface area contributed by atoms with Crippen molar-refractivity contribution < 1.29 is 23.8 Å². The van der Waals surface area contributed by atoms with E-state index in [0.29, 0.717) is 28.5 Å². The zero-order chi connectivity index (χ0) is 23.2. The molecule has 2 aliphatic heterocycles. The Kier molecular flexibility index (Phi) is 5.21. The number of nitrogens with one attached hydrogen (secondary N) is 1. The molecule has 33 heavy (non-hydrogen) atoms. The van der Waals surface area contributed by atoms with Gasteiger partial charge in [0.1, 0.15) is 11.2 Å². The molecule has 5 rings (SSSR count). The first kappa shape index (κ1) is 21.6. The van der Waals surface area contributed by atoms with Crippen LogP contribution in [0.15, 0.2) is 30.6 Å². The molecule has 2 aromatic rings. The number of anilines is 2. The van der Waals surface area contributed by atoms with Crippen LogP contribution in [-0.4, -0.2) is 61.3 Å². The number of ether oxygens (including phenoxy) is 3. The second kappa shape index (κ2) is 7.96. The average Bonchev–Trinajstić information content (AvgIpc) is 2.68. The molecule has 1 aliphatic carbocycles. The van der Waals surface area contributed by atoms with Crippen molar-refractivity contribution in [3.05, 3.63) is 36.2 Å². The molecule has 1 aromatic heterocycles. The summed E-state index contributed by atoms with van der Waals surface area (Å²) in [6.07, 6.45) is 3.74. The SMILES string of the molecule is COC1CC(C(N)=O)(C(=O)Nc2ccc(Oc3cnc(N4CC5(COC5)C4)nc3)c(C)c2)C1. The number of rotatable bonds is 7. The van der Waals surface area contributed by atoms with E-state index in [2.05, 4.69) is 20.2 Å². The topological polar surface area (TPSA) is 129 Å². The molecule has 1 aromatic carbocycles. The summed E-state index contributed by atoms with van der Waals surface area (Å²) in [4.78, 5) is 35.7. The largest absolute Gasteiger partial charge is 0.454 e. The van der Waals surface area contributed by atoms with Crippen LogP contribution in [0.25, 0.3) is 0 Å². The number of hydrogen-bond acceptors (Lipinski definition) is 8. The molecule has 3 aliphatic rings. The van der Waals surface area contributed by atoms with Crippen molar-refractivity contribution in [3.63, 3.8) is 0 Å². The van der Waals surface area contributed by atoms with Crippen molar-refractivity contribution in [1.82, 2.24) is 9.97 Å². The number of methoxy groups -OCH3 is 1. The van der Waals surface area contributed by atoms with Crippen LogP contribution in [0.5, 0.6) is 11.5 Å². The molecule has 2 amide bonds. The number of aromatic nitrogens is 2. The minimum atomic E-state index is -1.23. The minimum absolute atomic E-state index is 0.135. The number of amides is 2. The number of nitrogens with zero attached hydrogens (tertiary/aromatic N) is 3. The van der Waals surface area contributed by atoms with Crippen LogP contribution >= 0.6 is 0 Å². The summed E-state index contributed by atoms with van der Waals surface area (Å²) in [5.74, 6) is 0.773. The third kappa shape index (κ3) is 3.79. The number of aryl methyl sites for hydroxylation is 1. The molecule has 3 heterocycles. The van der Waals surface area contributed by atoms with E-state index in [0.717, 1.165) is 31.9 Å². The van der Waals surface area contributed by atoms with E-state index in [1.165, 1.54) is 0 Å². The van der Waals surface area contributed by atoms with Crippen LogP contribution < -0.4 is 20.7 Å². The molecule has 10 nitrogen and oxygen atoms in total. The van der Waals surface area contributed by atoms with Gasteiger partial charge in [0.25, 0.3) is 0 Å². The Morgan fingerprint density at radius 2 is 1.91 bits per heavy atom. The quantitative estimate of drug-likeness (QED) is 0.606. The number of carbonyl (C=O) groups is 2. The van der Waals surface area contributed by atoms with Gasteiger partial charge in [-0.25, -0.2) is 9.97 Å². The van der Waals surface area contributed by atoms with Crippen LogP contribution in [0.4, 0.5) is 11.6 Å². The van der Waals surface area contributed by atoms with E-state index in [1.54, 1.807) is 37.7 Å². The Morgan fingerprint density at radius 3 is 2.45 bits per heavy atom. The van der Waals surface area contributed by atoms with Crippen LogP contribution in [0.2, 0.25) is 0 Å². The molecule has 0 unspecified atom stereocenters. The Morgan fingerprint density at radius 1 is 1.21 bits per heavy atom. The molecule has 3 fully saturated rings. The monoisotopic (exact) mass is 453 g/mol. The maximum absolute atomic E-state index is 12.8. The predicted molar refractivity (Wildman–Crippen MR) is 119 cm³/mol. The lowest BCUT2D eigenvalue weighted by Crippen LogP contribution is -2.66. The number of carbonyl (C=O) groups excluding carboxylic acids is 2. The van der Waals surface area contributed by atoms with Gasteiger partial charge >= 0.3 is 0 Å². The predicted octanol–water partition coefficient (Wildman–Crippen LogP) is 1.63. The molecule has 10 heteroatoms. The fraction of sp³-hybridized carbons (Fsp3) is 0.478. The van der Waals surface area contributed by atoms with Gasteiger partial charge in [-0.2, -0.15) is 0 Å². The van der Waals surface area contributed by atoms with Crippen LogP contribution in [0.3, 0.4) is 0 Å². The normalized spacial score (nSPS) is 24.9. The van der Waals surface area contributed by atoms with Gasteiger partial charge < -0.3 is 30.2 Å². The lowest BCUT2D eigenvalue weighted by atomic mass is 9.65. The third-order valence-corrected chi connectivity index (χ3v) is 6.82. The summed E-state index contributed by atoms with van der Waals surface area (Å²) in [6.45, 7) is 5.34. The van der Waals surface area contributed by atoms with E-state index < -0.39 is 17.2 Å².